The molecule has 2 aromatic carbocycles. The van der Waals surface area contributed by atoms with E-state index in [1.807, 2.05) is 30.3 Å². The topological polar surface area (TPSA) is 84.4 Å². The zero-order chi connectivity index (χ0) is 21.4. The standard InChI is InChI=1S/C23H19FN4O3/c24-18-8-4-7-17-19(18)20(29)31-23(17)9-11-28(12-10-23)22(30)27-21-25-13-16(14-26-21)15-5-2-1-3-6-15/h1-8,13-14H,9-12H2,(H,25,26,27,30). The van der Waals surface area contributed by atoms with Crippen molar-refractivity contribution in [2.75, 3.05) is 18.4 Å². The number of halogens is 1. The van der Waals surface area contributed by atoms with Crippen LogP contribution in [-0.2, 0) is 10.3 Å². The third-order valence-corrected chi connectivity index (χ3v) is 5.83. The molecule has 1 spiro atoms. The second-order valence-corrected chi connectivity index (χ2v) is 7.62. The van der Waals surface area contributed by atoms with Gasteiger partial charge in [-0.15, -0.1) is 0 Å². The normalized spacial score (nSPS) is 16.7. The van der Waals surface area contributed by atoms with Crippen LogP contribution in [0.4, 0.5) is 15.1 Å². The van der Waals surface area contributed by atoms with Gasteiger partial charge < -0.3 is 9.64 Å². The predicted molar refractivity (Wildman–Crippen MR) is 111 cm³/mol. The quantitative estimate of drug-likeness (QED) is 0.637. The maximum absolute atomic E-state index is 14.1. The van der Waals surface area contributed by atoms with Crippen molar-refractivity contribution in [2.45, 2.75) is 18.4 Å². The summed E-state index contributed by atoms with van der Waals surface area (Å²) >= 11 is 0. The number of anilines is 1. The van der Waals surface area contributed by atoms with Crippen molar-refractivity contribution < 1.29 is 18.7 Å². The molecule has 0 aliphatic carbocycles. The molecule has 3 aromatic rings. The molecule has 3 heterocycles. The number of rotatable bonds is 2. The van der Waals surface area contributed by atoms with Gasteiger partial charge in [-0.3, -0.25) is 5.32 Å². The van der Waals surface area contributed by atoms with Gasteiger partial charge in [-0.25, -0.2) is 23.9 Å². The SMILES string of the molecule is O=C1OC2(CCN(C(=O)Nc3ncc(-c4ccccc4)cn3)CC2)c2cccc(F)c21. The number of urea groups is 1. The van der Waals surface area contributed by atoms with Crippen molar-refractivity contribution in [2.24, 2.45) is 0 Å². The Morgan fingerprint density at radius 2 is 1.71 bits per heavy atom. The molecule has 2 amide bonds. The predicted octanol–water partition coefficient (Wildman–Crippen LogP) is 3.98. The number of nitrogens with zero attached hydrogens (tertiary/aromatic N) is 3. The van der Waals surface area contributed by atoms with Crippen LogP contribution in [0.3, 0.4) is 0 Å². The highest BCUT2D eigenvalue weighted by molar-refractivity contribution is 5.95. The summed E-state index contributed by atoms with van der Waals surface area (Å²) < 4.78 is 19.7. The maximum Gasteiger partial charge on any atom is 0.342 e. The van der Waals surface area contributed by atoms with Crippen LogP contribution in [0.25, 0.3) is 11.1 Å². The molecule has 1 N–H and O–H groups in total. The number of amides is 2. The Hall–Kier alpha value is -3.81. The van der Waals surface area contributed by atoms with Crippen molar-refractivity contribution in [1.29, 1.82) is 0 Å². The summed E-state index contributed by atoms with van der Waals surface area (Å²) in [6.07, 6.45) is 4.12. The van der Waals surface area contributed by atoms with Gasteiger partial charge >= 0.3 is 12.0 Å². The number of fused-ring (bicyclic) bond motifs is 2. The maximum atomic E-state index is 14.1. The van der Waals surface area contributed by atoms with Crippen LogP contribution in [0.5, 0.6) is 0 Å². The van der Waals surface area contributed by atoms with E-state index < -0.39 is 17.4 Å². The average molecular weight is 418 g/mol. The van der Waals surface area contributed by atoms with Gasteiger partial charge in [0, 0.05) is 49.5 Å². The third kappa shape index (κ3) is 3.39. The van der Waals surface area contributed by atoms with E-state index in [0.29, 0.717) is 31.5 Å². The van der Waals surface area contributed by atoms with Crippen LogP contribution in [0, 0.1) is 5.82 Å². The molecule has 0 unspecified atom stereocenters. The van der Waals surface area contributed by atoms with Crippen molar-refractivity contribution in [1.82, 2.24) is 14.9 Å². The number of likely N-dealkylation sites (tertiary alicyclic amines) is 1. The molecule has 1 saturated heterocycles. The third-order valence-electron chi connectivity index (χ3n) is 5.83. The van der Waals surface area contributed by atoms with E-state index in [0.717, 1.165) is 11.1 Å². The number of piperidine rings is 1. The molecule has 2 aliphatic heterocycles. The molecule has 0 saturated carbocycles. The number of esters is 1. The van der Waals surface area contributed by atoms with E-state index in [2.05, 4.69) is 15.3 Å². The molecule has 1 aromatic heterocycles. The smallest absolute Gasteiger partial charge is 0.342 e. The number of nitrogens with one attached hydrogen (secondary N) is 1. The van der Waals surface area contributed by atoms with E-state index in [9.17, 15) is 14.0 Å². The number of carbonyl (C=O) groups is 2. The van der Waals surface area contributed by atoms with Crippen LogP contribution >= 0.6 is 0 Å². The fourth-order valence-corrected chi connectivity index (χ4v) is 4.18. The van der Waals surface area contributed by atoms with E-state index in [1.165, 1.54) is 6.07 Å². The van der Waals surface area contributed by atoms with Crippen LogP contribution in [0.1, 0.15) is 28.8 Å². The minimum atomic E-state index is -0.876. The van der Waals surface area contributed by atoms with Crippen molar-refractivity contribution >= 4 is 17.9 Å². The van der Waals surface area contributed by atoms with E-state index in [1.54, 1.807) is 29.4 Å². The summed E-state index contributed by atoms with van der Waals surface area (Å²) in [4.78, 5) is 34.9. The first-order valence-electron chi connectivity index (χ1n) is 10.0. The molecule has 31 heavy (non-hydrogen) atoms. The molecule has 0 atom stereocenters. The molecule has 2 aliphatic rings. The van der Waals surface area contributed by atoms with Gasteiger partial charge in [-0.2, -0.15) is 0 Å². The minimum Gasteiger partial charge on any atom is -0.450 e. The molecule has 1 fully saturated rings. The zero-order valence-electron chi connectivity index (χ0n) is 16.5. The van der Waals surface area contributed by atoms with Gasteiger partial charge in [0.05, 0.1) is 0 Å². The summed E-state index contributed by atoms with van der Waals surface area (Å²) in [5, 5.41) is 2.70. The first kappa shape index (κ1) is 19.2. The first-order chi connectivity index (χ1) is 15.1. The number of carbonyl (C=O) groups excluding carboxylic acids is 2. The van der Waals surface area contributed by atoms with Gasteiger partial charge in [0.15, 0.2) is 0 Å². The van der Waals surface area contributed by atoms with Crippen LogP contribution in [0.2, 0.25) is 0 Å². The Morgan fingerprint density at radius 1 is 1.00 bits per heavy atom. The van der Waals surface area contributed by atoms with Crippen molar-refractivity contribution in [3.63, 3.8) is 0 Å². The van der Waals surface area contributed by atoms with E-state index >= 15 is 0 Å². The van der Waals surface area contributed by atoms with E-state index in [4.69, 9.17) is 4.74 Å². The van der Waals surface area contributed by atoms with Crippen molar-refractivity contribution in [3.8, 4) is 11.1 Å². The highest BCUT2D eigenvalue weighted by Crippen LogP contribution is 2.44. The average Bonchev–Trinajstić information content (AvgIpc) is 3.07. The second kappa shape index (κ2) is 7.46. The number of hydrogen-bond acceptors (Lipinski definition) is 5. The Morgan fingerprint density at radius 3 is 2.42 bits per heavy atom. The summed E-state index contributed by atoms with van der Waals surface area (Å²) in [5.41, 5.74) is 1.54. The molecule has 8 heteroatoms. The Balaban J connectivity index is 1.24. The summed E-state index contributed by atoms with van der Waals surface area (Å²) in [6, 6.07) is 13.9. The Kier molecular flexibility index (Phi) is 4.62. The fraction of sp³-hybridized carbons (Fsp3) is 0.217. The lowest BCUT2D eigenvalue weighted by Crippen LogP contribution is -2.47. The highest BCUT2D eigenvalue weighted by Gasteiger charge is 2.49. The second-order valence-electron chi connectivity index (χ2n) is 7.62. The number of aromatic nitrogens is 2. The van der Waals surface area contributed by atoms with Crippen molar-refractivity contribution in [3.05, 3.63) is 77.9 Å². The van der Waals surface area contributed by atoms with Gasteiger partial charge in [-0.05, 0) is 11.6 Å². The fourth-order valence-electron chi connectivity index (χ4n) is 4.18. The largest absolute Gasteiger partial charge is 0.450 e. The number of hydrogen-bond donors (Lipinski definition) is 1. The molecule has 0 bridgehead atoms. The Labute approximate surface area is 177 Å². The Bertz CT molecular complexity index is 1140. The number of benzene rings is 2. The lowest BCUT2D eigenvalue weighted by molar-refractivity contribution is -0.0363. The minimum absolute atomic E-state index is 0.00677. The van der Waals surface area contributed by atoms with Crippen LogP contribution in [-0.4, -0.2) is 40.0 Å². The first-order valence-corrected chi connectivity index (χ1v) is 10.0. The molecule has 156 valence electrons. The van der Waals surface area contributed by atoms with Gasteiger partial charge in [0.25, 0.3) is 0 Å². The molecular weight excluding hydrogens is 399 g/mol. The molecule has 0 radical (unpaired) electrons. The van der Waals surface area contributed by atoms with Gasteiger partial charge in [0.1, 0.15) is 17.0 Å². The monoisotopic (exact) mass is 418 g/mol. The highest BCUT2D eigenvalue weighted by atomic mass is 19.1. The zero-order valence-corrected chi connectivity index (χ0v) is 16.5. The molecule has 5 rings (SSSR count). The summed E-state index contributed by atoms with van der Waals surface area (Å²) in [5.74, 6) is -1.00. The van der Waals surface area contributed by atoms with Crippen LogP contribution in [0.15, 0.2) is 60.9 Å². The molecule has 7 nitrogen and oxygen atoms in total. The number of ether oxygens (including phenoxy) is 1. The van der Waals surface area contributed by atoms with Crippen LogP contribution < -0.4 is 5.32 Å². The molecular formula is C23H19FN4O3. The summed E-state index contributed by atoms with van der Waals surface area (Å²) in [7, 11) is 0. The van der Waals surface area contributed by atoms with Gasteiger partial charge in [-0.1, -0.05) is 42.5 Å². The lowest BCUT2D eigenvalue weighted by Gasteiger charge is -2.38. The summed E-state index contributed by atoms with van der Waals surface area (Å²) in [6.45, 7) is 0.717. The van der Waals surface area contributed by atoms with Gasteiger partial charge in [0.2, 0.25) is 5.95 Å². The lowest BCUT2D eigenvalue weighted by atomic mass is 9.84. The van der Waals surface area contributed by atoms with E-state index in [-0.39, 0.29) is 17.5 Å².